The van der Waals surface area contributed by atoms with Crippen molar-refractivity contribution in [2.24, 2.45) is 15.7 Å². The van der Waals surface area contributed by atoms with Gasteiger partial charge in [0, 0.05) is 22.2 Å². The van der Waals surface area contributed by atoms with Gasteiger partial charge in [0.25, 0.3) is 0 Å². The molecule has 53 heavy (non-hydrogen) atoms. The lowest BCUT2D eigenvalue weighted by molar-refractivity contribution is 0.350. The number of hydrogen-bond donors (Lipinski definition) is 9. The van der Waals surface area contributed by atoms with Crippen LogP contribution in [-0.4, -0.2) is 57.0 Å². The highest BCUT2D eigenvalue weighted by Crippen LogP contribution is 2.59. The summed E-state index contributed by atoms with van der Waals surface area (Å²) in [6.45, 7) is 1.86. The molecule has 0 bridgehead atoms. The van der Waals surface area contributed by atoms with Crippen LogP contribution in [0.25, 0.3) is 49.4 Å². The molecule has 264 valence electrons. The number of nitrogens with two attached hydrogens (primary N) is 1. The minimum absolute atomic E-state index is 0.172. The van der Waals surface area contributed by atoms with Gasteiger partial charge >= 0.3 is 0 Å². The molecule has 8 aromatic rings. The molecular weight excluding hydrogens is 680 g/mol. The first kappa shape index (κ1) is 32.7. The van der Waals surface area contributed by atoms with Crippen LogP contribution in [0.15, 0.2) is 111 Å². The van der Waals surface area contributed by atoms with Gasteiger partial charge in [0.15, 0.2) is 29.2 Å². The monoisotopic (exact) mass is 710 g/mol. The molecule has 2 aromatic heterocycles. The number of amidine groups is 1. The fourth-order valence-corrected chi connectivity index (χ4v) is 6.79. The summed E-state index contributed by atoms with van der Waals surface area (Å²) in [6, 6.07) is 29.0. The molecule has 6 aromatic carbocycles. The molecule has 0 amide bonds. The van der Waals surface area contributed by atoms with E-state index < -0.39 is 62.9 Å². The zero-order chi connectivity index (χ0) is 37.3. The maximum atomic E-state index is 11.2. The number of phenolic OH excluding ortho intramolecular Hbond substituents is 8. The lowest BCUT2D eigenvalue weighted by atomic mass is 10.1. The zero-order valence-electron chi connectivity index (χ0n) is 27.7. The van der Waals surface area contributed by atoms with Crippen LogP contribution in [0, 0.1) is 0 Å². The zero-order valence-corrected chi connectivity index (χ0v) is 27.7. The Morgan fingerprint density at radius 3 is 1.68 bits per heavy atom. The molecule has 13 heteroatoms. The Morgan fingerprint density at radius 1 is 0.566 bits per heavy atom. The van der Waals surface area contributed by atoms with Crippen molar-refractivity contribution < 1.29 is 45.3 Å². The molecule has 0 aliphatic heterocycles. The van der Waals surface area contributed by atoms with Crippen LogP contribution in [0.3, 0.4) is 0 Å². The number of hydrogen-bond acceptors (Lipinski definition) is 11. The van der Waals surface area contributed by atoms with Gasteiger partial charge in [-0.3, -0.25) is 4.99 Å². The van der Waals surface area contributed by atoms with Gasteiger partial charge in [-0.05, 0) is 24.6 Å². The number of aromatic nitrogens is 1. The van der Waals surface area contributed by atoms with Crippen LogP contribution < -0.4 is 5.73 Å². The summed E-state index contributed by atoms with van der Waals surface area (Å²) in [6.07, 6.45) is -0.904. The van der Waals surface area contributed by atoms with Crippen molar-refractivity contribution in [2.75, 3.05) is 0 Å². The number of nitrogens with zero attached hydrogens (tertiary/aromatic N) is 3. The van der Waals surface area contributed by atoms with Crippen molar-refractivity contribution in [3.05, 3.63) is 114 Å². The fourth-order valence-electron chi connectivity index (χ4n) is 6.79. The van der Waals surface area contributed by atoms with Gasteiger partial charge in [-0.1, -0.05) is 84.9 Å². The van der Waals surface area contributed by atoms with E-state index in [-0.39, 0.29) is 22.6 Å². The number of aromatic hydroxyl groups is 8. The normalized spacial score (nSPS) is 13.1. The number of benzene rings is 6. The Bertz CT molecular complexity index is 2710. The van der Waals surface area contributed by atoms with E-state index in [1.807, 2.05) is 67.6 Å². The van der Waals surface area contributed by atoms with Crippen LogP contribution >= 0.6 is 0 Å². The molecule has 8 rings (SSSR count). The standard InChI is InChI=1S/C40H30N4O9/c1-18(19-10-4-2-5-11-19)42-40(43-39(41)20-12-6-3-7-13-20)22-15-8-14-21-25-23(16-9-17-24(25)53-38(21)22)44-28-26(30(45)34(49)36(51)32(28)47)27-29(44)33(48)37(52)35(50)31(27)46/h2-17,40,45-52H,1H3,(H2,41,43). The number of para-hydroxylation sites is 1. The smallest absolute Gasteiger partial charge is 0.206 e. The number of aliphatic imine (C=N–C) groups is 2. The summed E-state index contributed by atoms with van der Waals surface area (Å²) < 4.78 is 7.66. The highest BCUT2D eigenvalue weighted by molar-refractivity contribution is 6.22. The quantitative estimate of drug-likeness (QED) is 0.0363. The summed E-state index contributed by atoms with van der Waals surface area (Å²) >= 11 is 0. The molecule has 0 saturated heterocycles. The highest BCUT2D eigenvalue weighted by atomic mass is 16.4. The van der Waals surface area contributed by atoms with Crippen LogP contribution in [0.5, 0.6) is 46.0 Å². The van der Waals surface area contributed by atoms with Crippen LogP contribution in [0.4, 0.5) is 0 Å². The Labute approximate surface area is 298 Å². The van der Waals surface area contributed by atoms with Gasteiger partial charge in [-0.15, -0.1) is 0 Å². The van der Waals surface area contributed by atoms with Crippen molar-refractivity contribution in [1.29, 1.82) is 0 Å². The number of rotatable bonds is 6. The first-order valence-corrected chi connectivity index (χ1v) is 16.2. The van der Waals surface area contributed by atoms with Gasteiger partial charge in [0.1, 0.15) is 28.0 Å². The minimum atomic E-state index is -1.12. The van der Waals surface area contributed by atoms with Gasteiger partial charge in [0.05, 0.1) is 21.8 Å². The third-order valence-electron chi connectivity index (χ3n) is 9.33. The SMILES string of the molecule is CC(=NC(N=C(N)c1ccccc1)c1cccc2c1oc1cccc(-n3c4c(O)c(O)c(O)c(O)c4c4c(O)c(O)c(O)c(O)c43)c12)c1ccccc1. The van der Waals surface area contributed by atoms with Crippen LogP contribution in [0.2, 0.25) is 0 Å². The van der Waals surface area contributed by atoms with E-state index in [9.17, 15) is 40.9 Å². The predicted octanol–water partition coefficient (Wildman–Crippen LogP) is 7.24. The Hall–Kier alpha value is -7.54. The molecule has 10 N–H and O–H groups in total. The van der Waals surface area contributed by atoms with E-state index in [0.29, 0.717) is 38.8 Å². The van der Waals surface area contributed by atoms with Gasteiger partial charge in [-0.2, -0.15) is 0 Å². The Balaban J connectivity index is 1.46. The van der Waals surface area contributed by atoms with Crippen molar-refractivity contribution >= 4 is 55.3 Å². The molecule has 2 heterocycles. The summed E-state index contributed by atoms with van der Waals surface area (Å²) in [5.74, 6) is -8.03. The second-order valence-electron chi connectivity index (χ2n) is 12.4. The van der Waals surface area contributed by atoms with E-state index in [1.54, 1.807) is 36.4 Å². The number of fused-ring (bicyclic) bond motifs is 6. The minimum Gasteiger partial charge on any atom is -0.504 e. The summed E-state index contributed by atoms with van der Waals surface area (Å²) in [4.78, 5) is 9.85. The first-order valence-electron chi connectivity index (χ1n) is 16.2. The molecule has 0 radical (unpaired) electrons. The Morgan fingerprint density at radius 2 is 1.09 bits per heavy atom. The second-order valence-corrected chi connectivity index (χ2v) is 12.4. The third kappa shape index (κ3) is 4.86. The first-order chi connectivity index (χ1) is 25.5. The van der Waals surface area contributed by atoms with Crippen molar-refractivity contribution in [3.8, 4) is 51.7 Å². The number of phenols is 8. The van der Waals surface area contributed by atoms with E-state index in [2.05, 4.69) is 0 Å². The molecule has 1 atom stereocenters. The van der Waals surface area contributed by atoms with Gasteiger partial charge < -0.3 is 55.6 Å². The van der Waals surface area contributed by atoms with Gasteiger partial charge in [0.2, 0.25) is 23.0 Å². The fraction of sp³-hybridized carbons (Fsp3) is 0.0500. The predicted molar refractivity (Wildman–Crippen MR) is 200 cm³/mol. The highest BCUT2D eigenvalue weighted by Gasteiger charge is 2.33. The summed E-state index contributed by atoms with van der Waals surface area (Å²) in [5, 5.41) is 86.7. The molecule has 0 aliphatic carbocycles. The summed E-state index contributed by atoms with van der Waals surface area (Å²) in [5.41, 5.74) is 9.37. The average Bonchev–Trinajstić information content (AvgIpc) is 3.75. The lowest BCUT2D eigenvalue weighted by Crippen LogP contribution is -2.15. The van der Waals surface area contributed by atoms with E-state index in [1.165, 1.54) is 0 Å². The maximum absolute atomic E-state index is 11.2. The average molecular weight is 711 g/mol. The lowest BCUT2D eigenvalue weighted by Gasteiger charge is -2.14. The molecule has 0 fully saturated rings. The molecule has 1 unspecified atom stereocenters. The van der Waals surface area contributed by atoms with E-state index >= 15 is 0 Å². The third-order valence-corrected chi connectivity index (χ3v) is 9.33. The van der Waals surface area contributed by atoms with Crippen LogP contribution in [0.1, 0.15) is 29.8 Å². The van der Waals surface area contributed by atoms with Crippen molar-refractivity contribution in [3.63, 3.8) is 0 Å². The molecule has 0 aliphatic rings. The number of furan rings is 1. The maximum Gasteiger partial charge on any atom is 0.206 e. The second kappa shape index (κ2) is 12.1. The molecule has 0 spiro atoms. The van der Waals surface area contributed by atoms with E-state index in [4.69, 9.17) is 20.1 Å². The van der Waals surface area contributed by atoms with Crippen molar-refractivity contribution in [2.45, 2.75) is 13.1 Å². The van der Waals surface area contributed by atoms with E-state index in [0.717, 1.165) is 10.1 Å². The largest absolute Gasteiger partial charge is 0.504 e. The topological polar surface area (TPSA) is 231 Å². The Kier molecular flexibility index (Phi) is 7.43. The summed E-state index contributed by atoms with van der Waals surface area (Å²) in [7, 11) is 0. The molecule has 13 nitrogen and oxygen atoms in total. The van der Waals surface area contributed by atoms with Gasteiger partial charge in [-0.25, -0.2) is 4.99 Å². The van der Waals surface area contributed by atoms with Crippen molar-refractivity contribution in [1.82, 2.24) is 4.57 Å². The molecule has 0 saturated carbocycles. The molecular formula is C40H30N4O9. The van der Waals surface area contributed by atoms with Crippen LogP contribution in [-0.2, 0) is 0 Å².